The molecular formula is C16H30N2O2. The SMILES string of the molecule is CC1CCC(C(C)C)C(N2CCN(CC(=O)O)CC2)C1. The van der Waals surface area contributed by atoms with Crippen molar-refractivity contribution in [3.63, 3.8) is 0 Å². The lowest BCUT2D eigenvalue weighted by molar-refractivity contribution is -0.138. The molecular weight excluding hydrogens is 252 g/mol. The van der Waals surface area contributed by atoms with Gasteiger partial charge in [0.25, 0.3) is 0 Å². The standard InChI is InChI=1S/C16H30N2O2/c1-12(2)14-5-4-13(3)10-15(14)18-8-6-17(7-9-18)11-16(19)20/h12-15H,4-11H2,1-3H3,(H,19,20). The van der Waals surface area contributed by atoms with Crippen LogP contribution in [0.3, 0.4) is 0 Å². The van der Waals surface area contributed by atoms with Crippen LogP contribution in [0.4, 0.5) is 0 Å². The second-order valence-electron chi connectivity index (χ2n) is 7.10. The summed E-state index contributed by atoms with van der Waals surface area (Å²) in [4.78, 5) is 15.5. The lowest BCUT2D eigenvalue weighted by atomic mass is 9.73. The van der Waals surface area contributed by atoms with Gasteiger partial charge >= 0.3 is 5.97 Å². The minimum absolute atomic E-state index is 0.197. The van der Waals surface area contributed by atoms with Crippen LogP contribution in [0.15, 0.2) is 0 Å². The first-order valence-electron chi connectivity index (χ1n) is 8.15. The molecule has 20 heavy (non-hydrogen) atoms. The Balaban J connectivity index is 1.91. The van der Waals surface area contributed by atoms with E-state index in [2.05, 4.69) is 30.6 Å². The third-order valence-electron chi connectivity index (χ3n) is 5.22. The molecule has 1 aliphatic heterocycles. The second-order valence-corrected chi connectivity index (χ2v) is 7.10. The highest BCUT2D eigenvalue weighted by atomic mass is 16.4. The van der Waals surface area contributed by atoms with E-state index in [0.29, 0.717) is 6.04 Å². The fourth-order valence-corrected chi connectivity index (χ4v) is 4.02. The van der Waals surface area contributed by atoms with Crippen LogP contribution in [-0.4, -0.2) is 59.6 Å². The fourth-order valence-electron chi connectivity index (χ4n) is 4.02. The summed E-state index contributed by atoms with van der Waals surface area (Å²) in [5.41, 5.74) is 0. The maximum atomic E-state index is 10.8. The van der Waals surface area contributed by atoms with E-state index < -0.39 is 5.97 Å². The van der Waals surface area contributed by atoms with Gasteiger partial charge in [-0.3, -0.25) is 14.6 Å². The van der Waals surface area contributed by atoms with Crippen LogP contribution in [-0.2, 0) is 4.79 Å². The van der Waals surface area contributed by atoms with Crippen molar-refractivity contribution in [3.05, 3.63) is 0 Å². The van der Waals surface area contributed by atoms with Gasteiger partial charge in [-0.05, 0) is 30.6 Å². The molecule has 0 bridgehead atoms. The number of carboxylic acids is 1. The lowest BCUT2D eigenvalue weighted by Gasteiger charge is -2.46. The van der Waals surface area contributed by atoms with Crippen molar-refractivity contribution in [1.29, 1.82) is 0 Å². The Hall–Kier alpha value is -0.610. The highest BCUT2D eigenvalue weighted by molar-refractivity contribution is 5.69. The summed E-state index contributed by atoms with van der Waals surface area (Å²) in [5, 5.41) is 8.87. The summed E-state index contributed by atoms with van der Waals surface area (Å²) in [6.45, 7) is 11.2. The first-order valence-corrected chi connectivity index (χ1v) is 8.15. The molecule has 2 aliphatic rings. The van der Waals surface area contributed by atoms with Crippen molar-refractivity contribution in [2.24, 2.45) is 17.8 Å². The van der Waals surface area contributed by atoms with Crippen LogP contribution >= 0.6 is 0 Å². The van der Waals surface area contributed by atoms with Crippen LogP contribution in [0.5, 0.6) is 0 Å². The first-order chi connectivity index (χ1) is 9.47. The fraction of sp³-hybridized carbons (Fsp3) is 0.938. The molecule has 1 aliphatic carbocycles. The number of carbonyl (C=O) groups is 1. The number of aliphatic carboxylic acids is 1. The summed E-state index contributed by atoms with van der Waals surface area (Å²) in [6.07, 6.45) is 4.05. The quantitative estimate of drug-likeness (QED) is 0.858. The smallest absolute Gasteiger partial charge is 0.317 e. The van der Waals surface area contributed by atoms with Crippen LogP contribution in [0.1, 0.15) is 40.0 Å². The maximum Gasteiger partial charge on any atom is 0.317 e. The van der Waals surface area contributed by atoms with Gasteiger partial charge in [0, 0.05) is 32.2 Å². The molecule has 2 fully saturated rings. The van der Waals surface area contributed by atoms with Gasteiger partial charge < -0.3 is 5.11 Å². The van der Waals surface area contributed by atoms with Crippen molar-refractivity contribution in [2.75, 3.05) is 32.7 Å². The molecule has 1 heterocycles. The van der Waals surface area contributed by atoms with Gasteiger partial charge in [0.1, 0.15) is 0 Å². The summed E-state index contributed by atoms with van der Waals surface area (Å²) in [6, 6.07) is 0.714. The van der Waals surface area contributed by atoms with E-state index in [1.54, 1.807) is 0 Å². The molecule has 3 atom stereocenters. The van der Waals surface area contributed by atoms with E-state index in [4.69, 9.17) is 5.11 Å². The summed E-state index contributed by atoms with van der Waals surface area (Å²) < 4.78 is 0. The molecule has 1 saturated carbocycles. The second kappa shape index (κ2) is 6.90. The third kappa shape index (κ3) is 3.95. The van der Waals surface area contributed by atoms with Gasteiger partial charge in [0.05, 0.1) is 6.54 Å². The number of piperazine rings is 1. The zero-order valence-corrected chi connectivity index (χ0v) is 13.2. The van der Waals surface area contributed by atoms with Crippen molar-refractivity contribution < 1.29 is 9.90 Å². The molecule has 1 saturated heterocycles. The number of carboxylic acid groups (broad SMARTS) is 1. The van der Waals surface area contributed by atoms with E-state index in [1.807, 2.05) is 0 Å². The highest BCUT2D eigenvalue weighted by Gasteiger charge is 2.35. The molecule has 0 aromatic carbocycles. The Morgan fingerprint density at radius 3 is 2.40 bits per heavy atom. The van der Waals surface area contributed by atoms with Gasteiger partial charge in [-0.25, -0.2) is 0 Å². The molecule has 2 rings (SSSR count). The molecule has 116 valence electrons. The van der Waals surface area contributed by atoms with E-state index in [-0.39, 0.29) is 6.54 Å². The van der Waals surface area contributed by atoms with E-state index in [1.165, 1.54) is 19.3 Å². The Morgan fingerprint density at radius 1 is 1.20 bits per heavy atom. The monoisotopic (exact) mass is 282 g/mol. The van der Waals surface area contributed by atoms with Gasteiger partial charge in [-0.1, -0.05) is 27.2 Å². The Kier molecular flexibility index (Phi) is 5.44. The number of hydrogen-bond acceptors (Lipinski definition) is 3. The predicted molar refractivity (Wildman–Crippen MR) is 80.8 cm³/mol. The number of nitrogens with zero attached hydrogens (tertiary/aromatic N) is 2. The Morgan fingerprint density at radius 2 is 1.85 bits per heavy atom. The molecule has 4 heteroatoms. The average molecular weight is 282 g/mol. The van der Waals surface area contributed by atoms with Crippen molar-refractivity contribution in [1.82, 2.24) is 9.80 Å². The molecule has 0 spiro atoms. The molecule has 4 nitrogen and oxygen atoms in total. The van der Waals surface area contributed by atoms with Gasteiger partial charge in [0.2, 0.25) is 0 Å². The molecule has 3 unspecified atom stereocenters. The van der Waals surface area contributed by atoms with Crippen LogP contribution < -0.4 is 0 Å². The number of rotatable bonds is 4. The van der Waals surface area contributed by atoms with Crippen molar-refractivity contribution in [2.45, 2.75) is 46.1 Å². The molecule has 0 aromatic rings. The topological polar surface area (TPSA) is 43.8 Å². The lowest BCUT2D eigenvalue weighted by Crippen LogP contribution is -2.55. The van der Waals surface area contributed by atoms with Crippen molar-refractivity contribution in [3.8, 4) is 0 Å². The highest BCUT2D eigenvalue weighted by Crippen LogP contribution is 2.36. The summed E-state index contributed by atoms with van der Waals surface area (Å²) >= 11 is 0. The third-order valence-corrected chi connectivity index (χ3v) is 5.22. The molecule has 1 N–H and O–H groups in total. The average Bonchev–Trinajstić information content (AvgIpc) is 2.38. The Bertz CT molecular complexity index is 324. The van der Waals surface area contributed by atoms with Crippen LogP contribution in [0.25, 0.3) is 0 Å². The summed E-state index contributed by atoms with van der Waals surface area (Å²) in [7, 11) is 0. The van der Waals surface area contributed by atoms with Crippen LogP contribution in [0.2, 0.25) is 0 Å². The molecule has 0 amide bonds. The van der Waals surface area contributed by atoms with E-state index >= 15 is 0 Å². The largest absolute Gasteiger partial charge is 0.480 e. The minimum atomic E-state index is -0.704. The zero-order chi connectivity index (χ0) is 14.7. The van der Waals surface area contributed by atoms with Gasteiger partial charge in [-0.2, -0.15) is 0 Å². The molecule has 0 aromatic heterocycles. The zero-order valence-electron chi connectivity index (χ0n) is 13.2. The minimum Gasteiger partial charge on any atom is -0.480 e. The number of hydrogen-bond donors (Lipinski definition) is 1. The van der Waals surface area contributed by atoms with Gasteiger partial charge in [0.15, 0.2) is 0 Å². The Labute approximate surface area is 123 Å². The first kappa shape index (κ1) is 15.8. The van der Waals surface area contributed by atoms with E-state index in [9.17, 15) is 4.79 Å². The predicted octanol–water partition coefficient (Wildman–Crippen LogP) is 2.15. The maximum absolute atomic E-state index is 10.8. The van der Waals surface area contributed by atoms with E-state index in [0.717, 1.165) is 43.9 Å². The van der Waals surface area contributed by atoms with Crippen LogP contribution in [0, 0.1) is 17.8 Å². The van der Waals surface area contributed by atoms with Crippen molar-refractivity contribution >= 4 is 5.97 Å². The normalized spacial score (nSPS) is 33.5. The summed E-state index contributed by atoms with van der Waals surface area (Å²) in [5.74, 6) is 1.71. The van der Waals surface area contributed by atoms with Gasteiger partial charge in [-0.15, -0.1) is 0 Å². The molecule has 0 radical (unpaired) electrons.